The van der Waals surface area contributed by atoms with Gasteiger partial charge in [-0.2, -0.15) is 5.10 Å². The lowest BCUT2D eigenvalue weighted by Crippen LogP contribution is -2.21. The highest BCUT2D eigenvalue weighted by molar-refractivity contribution is 5.92. The SMILES string of the molecule is CC1(c2cc(NC(=O)Cc3ccc4ccccc4c3)n(C3CCCCC3)n2)CC1. The van der Waals surface area contributed by atoms with Crippen molar-refractivity contribution in [2.45, 2.75) is 69.7 Å². The predicted molar refractivity (Wildman–Crippen MR) is 117 cm³/mol. The van der Waals surface area contributed by atoms with Gasteiger partial charge in [-0.25, -0.2) is 4.68 Å². The lowest BCUT2D eigenvalue weighted by atomic mass is 9.96. The maximum Gasteiger partial charge on any atom is 0.229 e. The van der Waals surface area contributed by atoms with Gasteiger partial charge in [0.1, 0.15) is 5.82 Å². The van der Waals surface area contributed by atoms with Crippen LogP contribution in [0.5, 0.6) is 0 Å². The molecule has 1 amide bonds. The third-order valence-corrected chi connectivity index (χ3v) is 6.72. The van der Waals surface area contributed by atoms with Crippen molar-refractivity contribution in [2.24, 2.45) is 0 Å². The van der Waals surface area contributed by atoms with Crippen LogP contribution in [0.2, 0.25) is 0 Å². The lowest BCUT2D eigenvalue weighted by Gasteiger charge is -2.24. The quantitative estimate of drug-likeness (QED) is 0.604. The van der Waals surface area contributed by atoms with Gasteiger partial charge in [-0.05, 0) is 42.0 Å². The molecule has 4 nitrogen and oxygen atoms in total. The molecule has 1 heterocycles. The van der Waals surface area contributed by atoms with Crippen molar-refractivity contribution in [3.63, 3.8) is 0 Å². The summed E-state index contributed by atoms with van der Waals surface area (Å²) in [4.78, 5) is 12.9. The first-order chi connectivity index (χ1) is 14.1. The summed E-state index contributed by atoms with van der Waals surface area (Å²) in [6.07, 6.45) is 8.90. The lowest BCUT2D eigenvalue weighted by molar-refractivity contribution is -0.115. The summed E-state index contributed by atoms with van der Waals surface area (Å²) in [5, 5.41) is 10.5. The molecular weight excluding hydrogens is 358 g/mol. The molecule has 29 heavy (non-hydrogen) atoms. The number of hydrogen-bond acceptors (Lipinski definition) is 2. The number of hydrogen-bond donors (Lipinski definition) is 1. The summed E-state index contributed by atoms with van der Waals surface area (Å²) in [5.41, 5.74) is 2.39. The molecule has 0 bridgehead atoms. The van der Waals surface area contributed by atoms with Crippen molar-refractivity contribution in [3.05, 3.63) is 59.8 Å². The van der Waals surface area contributed by atoms with Gasteiger partial charge in [-0.15, -0.1) is 0 Å². The highest BCUT2D eigenvalue weighted by Crippen LogP contribution is 2.48. The molecule has 2 saturated carbocycles. The number of rotatable bonds is 5. The zero-order valence-electron chi connectivity index (χ0n) is 17.2. The van der Waals surface area contributed by atoms with Crippen molar-refractivity contribution < 1.29 is 4.79 Å². The van der Waals surface area contributed by atoms with Gasteiger partial charge in [0.2, 0.25) is 5.91 Å². The topological polar surface area (TPSA) is 46.9 Å². The van der Waals surface area contributed by atoms with E-state index in [9.17, 15) is 4.79 Å². The Hall–Kier alpha value is -2.62. The highest BCUT2D eigenvalue weighted by Gasteiger charge is 2.42. The Balaban J connectivity index is 1.36. The van der Waals surface area contributed by atoms with Crippen LogP contribution in [0.15, 0.2) is 48.5 Å². The number of carbonyl (C=O) groups is 1. The van der Waals surface area contributed by atoms with E-state index in [0.29, 0.717) is 12.5 Å². The van der Waals surface area contributed by atoms with Crippen LogP contribution in [0.1, 0.15) is 69.2 Å². The molecule has 1 N–H and O–H groups in total. The van der Waals surface area contributed by atoms with Gasteiger partial charge in [-0.1, -0.05) is 68.7 Å². The maximum absolute atomic E-state index is 12.9. The first-order valence-electron chi connectivity index (χ1n) is 11.0. The average Bonchev–Trinajstić information content (AvgIpc) is 3.35. The molecule has 150 valence electrons. The summed E-state index contributed by atoms with van der Waals surface area (Å²) in [7, 11) is 0. The third kappa shape index (κ3) is 3.81. The Morgan fingerprint density at radius 2 is 1.83 bits per heavy atom. The molecule has 0 radical (unpaired) electrons. The van der Waals surface area contributed by atoms with E-state index in [1.165, 1.54) is 42.9 Å². The fraction of sp³-hybridized carbons (Fsp3) is 0.440. The molecule has 2 fully saturated rings. The number of aromatic nitrogens is 2. The Kier molecular flexibility index (Phi) is 4.65. The van der Waals surface area contributed by atoms with Gasteiger partial charge in [0, 0.05) is 11.5 Å². The van der Waals surface area contributed by atoms with E-state index >= 15 is 0 Å². The summed E-state index contributed by atoms with van der Waals surface area (Å²) in [5.74, 6) is 0.913. The van der Waals surface area contributed by atoms with Crippen molar-refractivity contribution in [3.8, 4) is 0 Å². The Morgan fingerprint density at radius 3 is 2.59 bits per heavy atom. The Labute approximate surface area is 172 Å². The molecule has 2 aromatic carbocycles. The van der Waals surface area contributed by atoms with E-state index in [2.05, 4.69) is 53.3 Å². The fourth-order valence-electron chi connectivity index (χ4n) is 4.55. The minimum Gasteiger partial charge on any atom is -0.311 e. The van der Waals surface area contributed by atoms with Crippen LogP contribution in [-0.2, 0) is 16.6 Å². The van der Waals surface area contributed by atoms with E-state index in [0.717, 1.165) is 29.9 Å². The second-order valence-electron chi connectivity index (χ2n) is 9.12. The Bertz CT molecular complexity index is 1040. The number of anilines is 1. The van der Waals surface area contributed by atoms with Crippen LogP contribution >= 0.6 is 0 Å². The molecule has 1 aromatic heterocycles. The van der Waals surface area contributed by atoms with Crippen molar-refractivity contribution >= 4 is 22.5 Å². The zero-order valence-corrected chi connectivity index (χ0v) is 17.2. The Morgan fingerprint density at radius 1 is 1.07 bits per heavy atom. The van der Waals surface area contributed by atoms with Gasteiger partial charge in [0.25, 0.3) is 0 Å². The minimum absolute atomic E-state index is 0.0322. The number of nitrogens with one attached hydrogen (secondary N) is 1. The summed E-state index contributed by atoms with van der Waals surface area (Å²) >= 11 is 0. The normalized spacial score (nSPS) is 18.7. The van der Waals surface area contributed by atoms with E-state index in [1.807, 2.05) is 12.1 Å². The number of benzene rings is 2. The molecule has 0 atom stereocenters. The maximum atomic E-state index is 12.9. The van der Waals surface area contributed by atoms with Gasteiger partial charge in [0.15, 0.2) is 0 Å². The molecule has 0 spiro atoms. The molecular formula is C25H29N3O. The third-order valence-electron chi connectivity index (χ3n) is 6.72. The summed E-state index contributed by atoms with van der Waals surface area (Å²) in [6.45, 7) is 2.28. The van der Waals surface area contributed by atoms with Gasteiger partial charge in [0.05, 0.1) is 18.2 Å². The molecule has 0 aliphatic heterocycles. The van der Waals surface area contributed by atoms with Crippen molar-refractivity contribution in [1.82, 2.24) is 9.78 Å². The zero-order chi connectivity index (χ0) is 19.8. The number of fused-ring (bicyclic) bond motifs is 1. The van der Waals surface area contributed by atoms with Crippen LogP contribution < -0.4 is 5.32 Å². The molecule has 2 aliphatic rings. The largest absolute Gasteiger partial charge is 0.311 e. The predicted octanol–water partition coefficient (Wildman–Crippen LogP) is 5.77. The van der Waals surface area contributed by atoms with Crippen LogP contribution in [0, 0.1) is 0 Å². The first kappa shape index (κ1) is 18.4. The minimum atomic E-state index is 0.0322. The van der Waals surface area contributed by atoms with E-state index in [4.69, 9.17) is 5.10 Å². The van der Waals surface area contributed by atoms with Crippen LogP contribution in [0.25, 0.3) is 10.8 Å². The van der Waals surface area contributed by atoms with Gasteiger partial charge >= 0.3 is 0 Å². The monoisotopic (exact) mass is 387 g/mol. The summed E-state index contributed by atoms with van der Waals surface area (Å²) in [6, 6.07) is 17.1. The van der Waals surface area contributed by atoms with Gasteiger partial charge < -0.3 is 5.32 Å². The van der Waals surface area contributed by atoms with E-state index < -0.39 is 0 Å². The number of carbonyl (C=O) groups excluding carboxylic acids is 1. The van der Waals surface area contributed by atoms with Crippen molar-refractivity contribution in [1.29, 1.82) is 0 Å². The molecule has 4 heteroatoms. The summed E-state index contributed by atoms with van der Waals surface area (Å²) < 4.78 is 2.12. The van der Waals surface area contributed by atoms with E-state index in [-0.39, 0.29) is 11.3 Å². The first-order valence-corrected chi connectivity index (χ1v) is 11.0. The fourth-order valence-corrected chi connectivity index (χ4v) is 4.55. The van der Waals surface area contributed by atoms with Crippen LogP contribution in [0.3, 0.4) is 0 Å². The van der Waals surface area contributed by atoms with E-state index in [1.54, 1.807) is 0 Å². The standard InChI is InChI=1S/C25H29N3O/c1-25(13-14-25)22-17-23(28(27-22)21-9-3-2-4-10-21)26-24(29)16-18-11-12-19-7-5-6-8-20(19)15-18/h5-8,11-12,15,17,21H,2-4,9-10,13-14,16H2,1H3,(H,26,29). The number of amides is 1. The molecule has 5 rings (SSSR count). The second kappa shape index (κ2) is 7.33. The number of nitrogens with zero attached hydrogens (tertiary/aromatic N) is 2. The molecule has 0 unspecified atom stereocenters. The molecule has 2 aliphatic carbocycles. The second-order valence-corrected chi connectivity index (χ2v) is 9.12. The van der Waals surface area contributed by atoms with Crippen LogP contribution in [0.4, 0.5) is 5.82 Å². The molecule has 3 aromatic rings. The molecule has 0 saturated heterocycles. The smallest absolute Gasteiger partial charge is 0.229 e. The van der Waals surface area contributed by atoms with Crippen molar-refractivity contribution in [2.75, 3.05) is 5.32 Å². The van der Waals surface area contributed by atoms with Gasteiger partial charge in [-0.3, -0.25) is 4.79 Å². The average molecular weight is 388 g/mol. The highest BCUT2D eigenvalue weighted by atomic mass is 16.1. The van der Waals surface area contributed by atoms with Crippen LogP contribution in [-0.4, -0.2) is 15.7 Å².